The molecule has 1 unspecified atom stereocenters. The Balaban J connectivity index is 2.17. The summed E-state index contributed by atoms with van der Waals surface area (Å²) in [4.78, 5) is 27.1. The van der Waals surface area contributed by atoms with E-state index in [1.54, 1.807) is 30.3 Å². The van der Waals surface area contributed by atoms with E-state index in [2.05, 4.69) is 0 Å². The highest BCUT2D eigenvalue weighted by molar-refractivity contribution is 6.46. The largest absolute Gasteiger partial charge is 0.507 e. The lowest BCUT2D eigenvalue weighted by molar-refractivity contribution is -0.140. The number of carbonyl (C=O) groups excluding carboxylic acids is 2. The van der Waals surface area contributed by atoms with Crippen LogP contribution < -0.4 is 4.74 Å². The number of rotatable bonds is 7. The third kappa shape index (κ3) is 4.31. The van der Waals surface area contributed by atoms with Gasteiger partial charge in [-0.3, -0.25) is 9.59 Å². The maximum absolute atomic E-state index is 12.9. The van der Waals surface area contributed by atoms with Crippen LogP contribution in [0, 0.1) is 0 Å². The number of hydrogen-bond donors (Lipinski definition) is 1. The fraction of sp³-hybridized carbons (Fsp3) is 0.273. The molecule has 3 rings (SSSR count). The van der Waals surface area contributed by atoms with Gasteiger partial charge in [0, 0.05) is 19.2 Å². The lowest BCUT2D eigenvalue weighted by Gasteiger charge is -2.25. The number of ether oxygens (including phenoxy) is 2. The van der Waals surface area contributed by atoms with Gasteiger partial charge >= 0.3 is 0 Å². The number of Topliss-reactive ketones (excluding diaryl/α,β-unsaturated/α-hetero) is 1. The molecule has 1 aliphatic rings. The van der Waals surface area contributed by atoms with E-state index in [0.29, 0.717) is 28.5 Å². The molecule has 0 spiro atoms. The van der Waals surface area contributed by atoms with Crippen molar-refractivity contribution in [3.05, 3.63) is 69.2 Å². The lowest BCUT2D eigenvalue weighted by Crippen LogP contribution is -2.32. The number of halogens is 2. The Kier molecular flexibility index (Phi) is 7.02. The van der Waals surface area contributed by atoms with Crippen LogP contribution in [0.1, 0.15) is 24.1 Å². The zero-order chi connectivity index (χ0) is 21.8. The van der Waals surface area contributed by atoms with Gasteiger partial charge in [-0.05, 0) is 42.8 Å². The van der Waals surface area contributed by atoms with Gasteiger partial charge < -0.3 is 19.5 Å². The summed E-state index contributed by atoms with van der Waals surface area (Å²) in [6, 6.07) is 10.8. The Morgan fingerprint density at radius 2 is 1.90 bits per heavy atom. The average molecular weight is 450 g/mol. The van der Waals surface area contributed by atoms with Gasteiger partial charge in [-0.1, -0.05) is 35.3 Å². The van der Waals surface area contributed by atoms with Crippen molar-refractivity contribution in [1.29, 1.82) is 0 Å². The summed E-state index contributed by atoms with van der Waals surface area (Å²) in [5.41, 5.74) is 0.904. The summed E-state index contributed by atoms with van der Waals surface area (Å²) in [5.74, 6) is -1.21. The maximum atomic E-state index is 12.9. The van der Waals surface area contributed by atoms with E-state index in [4.69, 9.17) is 32.7 Å². The number of carbonyl (C=O) groups is 2. The number of aliphatic hydroxyl groups is 1. The van der Waals surface area contributed by atoms with Crippen molar-refractivity contribution in [3.8, 4) is 5.75 Å². The molecule has 0 aromatic heterocycles. The van der Waals surface area contributed by atoms with E-state index in [-0.39, 0.29) is 29.5 Å². The minimum atomic E-state index is -0.796. The van der Waals surface area contributed by atoms with Crippen LogP contribution in [0.4, 0.5) is 0 Å². The Morgan fingerprint density at radius 3 is 2.57 bits per heavy atom. The van der Waals surface area contributed by atoms with Crippen molar-refractivity contribution in [3.63, 3.8) is 0 Å². The third-order valence-electron chi connectivity index (χ3n) is 4.75. The number of amides is 1. The fourth-order valence-electron chi connectivity index (χ4n) is 3.39. The van der Waals surface area contributed by atoms with Gasteiger partial charge in [-0.25, -0.2) is 0 Å². The molecule has 1 aliphatic heterocycles. The molecule has 1 saturated heterocycles. The molecule has 2 aromatic rings. The Bertz CT molecular complexity index is 1000. The topological polar surface area (TPSA) is 76.1 Å². The fourth-order valence-corrected chi connectivity index (χ4v) is 3.68. The van der Waals surface area contributed by atoms with Crippen LogP contribution in [0.5, 0.6) is 5.75 Å². The van der Waals surface area contributed by atoms with Gasteiger partial charge in [0.2, 0.25) is 0 Å². The molecular formula is C22H21Cl2NO5. The SMILES string of the molecule is CCOc1cccc(C2/C(=C(/O)c3ccc(Cl)c(Cl)c3)C(=O)C(=O)N2CCOC)c1. The van der Waals surface area contributed by atoms with Crippen molar-refractivity contribution in [2.75, 3.05) is 26.9 Å². The number of aliphatic hydroxyl groups excluding tert-OH is 1. The molecular weight excluding hydrogens is 429 g/mol. The first-order valence-corrected chi connectivity index (χ1v) is 10.1. The van der Waals surface area contributed by atoms with Crippen LogP contribution in [0.3, 0.4) is 0 Å². The molecule has 1 amide bonds. The van der Waals surface area contributed by atoms with Gasteiger partial charge in [0.15, 0.2) is 0 Å². The molecule has 0 bridgehead atoms. The van der Waals surface area contributed by atoms with Crippen LogP contribution in [-0.2, 0) is 14.3 Å². The van der Waals surface area contributed by atoms with Crippen molar-refractivity contribution < 1.29 is 24.2 Å². The molecule has 6 nitrogen and oxygen atoms in total. The quantitative estimate of drug-likeness (QED) is 0.383. The first-order chi connectivity index (χ1) is 14.4. The number of methoxy groups -OCH3 is 1. The summed E-state index contributed by atoms with van der Waals surface area (Å²) in [6.07, 6.45) is 0. The van der Waals surface area contributed by atoms with Crippen LogP contribution in [-0.4, -0.2) is 48.6 Å². The Morgan fingerprint density at radius 1 is 1.13 bits per heavy atom. The third-order valence-corrected chi connectivity index (χ3v) is 5.49. The molecule has 8 heteroatoms. The zero-order valence-electron chi connectivity index (χ0n) is 16.5. The summed E-state index contributed by atoms with van der Waals surface area (Å²) < 4.78 is 10.7. The van der Waals surface area contributed by atoms with Gasteiger partial charge in [0.1, 0.15) is 11.5 Å². The molecule has 0 aliphatic carbocycles. The van der Waals surface area contributed by atoms with Gasteiger partial charge in [-0.2, -0.15) is 0 Å². The second kappa shape index (κ2) is 9.51. The highest BCUT2D eigenvalue weighted by atomic mass is 35.5. The molecule has 158 valence electrons. The molecule has 30 heavy (non-hydrogen) atoms. The highest BCUT2D eigenvalue weighted by Gasteiger charge is 2.46. The zero-order valence-corrected chi connectivity index (χ0v) is 18.0. The molecule has 0 radical (unpaired) electrons. The number of nitrogens with zero attached hydrogens (tertiary/aromatic N) is 1. The van der Waals surface area contributed by atoms with Crippen molar-refractivity contribution in [2.45, 2.75) is 13.0 Å². The van der Waals surface area contributed by atoms with Crippen molar-refractivity contribution in [2.24, 2.45) is 0 Å². The smallest absolute Gasteiger partial charge is 0.295 e. The summed E-state index contributed by atoms with van der Waals surface area (Å²) in [7, 11) is 1.51. The maximum Gasteiger partial charge on any atom is 0.295 e. The minimum absolute atomic E-state index is 0.0249. The first-order valence-electron chi connectivity index (χ1n) is 9.34. The van der Waals surface area contributed by atoms with Gasteiger partial charge in [0.05, 0.1) is 34.9 Å². The molecule has 0 saturated carbocycles. The molecule has 1 heterocycles. The molecule has 1 N–H and O–H groups in total. The van der Waals surface area contributed by atoms with E-state index < -0.39 is 17.7 Å². The summed E-state index contributed by atoms with van der Waals surface area (Å²) in [6.45, 7) is 2.75. The second-order valence-electron chi connectivity index (χ2n) is 6.62. The first kappa shape index (κ1) is 22.2. The van der Waals surface area contributed by atoms with Crippen LogP contribution in [0.2, 0.25) is 10.0 Å². The molecule has 1 atom stereocenters. The number of ketones is 1. The monoisotopic (exact) mass is 449 g/mol. The number of likely N-dealkylation sites (tertiary alicyclic amines) is 1. The van der Waals surface area contributed by atoms with E-state index in [1.807, 2.05) is 6.92 Å². The second-order valence-corrected chi connectivity index (χ2v) is 7.43. The van der Waals surface area contributed by atoms with E-state index in [1.165, 1.54) is 24.1 Å². The average Bonchev–Trinajstić information content (AvgIpc) is 2.99. The molecule has 1 fully saturated rings. The molecule has 2 aromatic carbocycles. The number of hydrogen-bond acceptors (Lipinski definition) is 5. The van der Waals surface area contributed by atoms with Gasteiger partial charge in [-0.15, -0.1) is 0 Å². The van der Waals surface area contributed by atoms with E-state index in [0.717, 1.165) is 0 Å². The Labute approximate surface area is 184 Å². The minimum Gasteiger partial charge on any atom is -0.507 e. The van der Waals surface area contributed by atoms with Crippen molar-refractivity contribution in [1.82, 2.24) is 4.90 Å². The van der Waals surface area contributed by atoms with Crippen LogP contribution in [0.15, 0.2) is 48.0 Å². The van der Waals surface area contributed by atoms with E-state index in [9.17, 15) is 14.7 Å². The Hall–Kier alpha value is -2.54. The summed E-state index contributed by atoms with van der Waals surface area (Å²) in [5, 5.41) is 11.5. The van der Waals surface area contributed by atoms with Crippen LogP contribution >= 0.6 is 23.2 Å². The highest BCUT2D eigenvalue weighted by Crippen LogP contribution is 2.40. The summed E-state index contributed by atoms with van der Waals surface area (Å²) >= 11 is 12.0. The predicted molar refractivity (Wildman–Crippen MR) is 115 cm³/mol. The predicted octanol–water partition coefficient (Wildman–Crippen LogP) is 4.46. The van der Waals surface area contributed by atoms with Crippen molar-refractivity contribution >= 4 is 40.7 Å². The van der Waals surface area contributed by atoms with E-state index >= 15 is 0 Å². The van der Waals surface area contributed by atoms with Gasteiger partial charge in [0.25, 0.3) is 11.7 Å². The number of benzene rings is 2. The van der Waals surface area contributed by atoms with Crippen LogP contribution in [0.25, 0.3) is 5.76 Å². The normalized spacial score (nSPS) is 18.1. The standard InChI is InChI=1S/C22H21Cl2NO5/c1-3-30-15-6-4-5-13(11-15)19-18(21(27)22(28)25(19)9-10-29-2)20(26)14-7-8-16(23)17(24)12-14/h4-8,11-12,19,26H,3,9-10H2,1-2H3/b20-18-. The lowest BCUT2D eigenvalue weighted by atomic mass is 9.95.